The number of nitrogens with two attached hydrogens (primary N) is 1. The van der Waals surface area contributed by atoms with E-state index in [1.54, 1.807) is 10.9 Å². The number of nitriles is 1. The number of carbonyl (C=O) groups is 1. The smallest absolute Gasteiger partial charge is 0.254 e. The number of nitrogens with one attached hydrogen (secondary N) is 1. The fourth-order valence-electron chi connectivity index (χ4n) is 3.07. The summed E-state index contributed by atoms with van der Waals surface area (Å²) >= 11 is 0. The van der Waals surface area contributed by atoms with Gasteiger partial charge in [-0.15, -0.1) is 0 Å². The lowest BCUT2D eigenvalue weighted by atomic mass is 9.85. The van der Waals surface area contributed by atoms with Crippen molar-refractivity contribution in [2.45, 2.75) is 31.7 Å². The largest absolute Gasteiger partial charge is 0.365 e. The fraction of sp³-hybridized carbons (Fsp3) is 0.353. The van der Waals surface area contributed by atoms with Gasteiger partial charge in [-0.1, -0.05) is 31.0 Å². The molecule has 1 aliphatic rings. The summed E-state index contributed by atoms with van der Waals surface area (Å²) in [5.74, 6) is -0.168. The minimum absolute atomic E-state index is 0.00169. The van der Waals surface area contributed by atoms with Gasteiger partial charge in [0.1, 0.15) is 5.56 Å². The maximum absolute atomic E-state index is 11.7. The van der Waals surface area contributed by atoms with Crippen molar-refractivity contribution in [3.05, 3.63) is 42.1 Å². The third-order valence-electron chi connectivity index (χ3n) is 4.27. The van der Waals surface area contributed by atoms with Gasteiger partial charge in [0.25, 0.3) is 5.91 Å². The predicted molar refractivity (Wildman–Crippen MR) is 87.1 cm³/mol. The Morgan fingerprint density at radius 1 is 1.30 bits per heavy atom. The predicted octanol–water partition coefficient (Wildman–Crippen LogP) is 2.98. The van der Waals surface area contributed by atoms with Crippen LogP contribution in [0.3, 0.4) is 0 Å². The second-order valence-corrected chi connectivity index (χ2v) is 5.81. The average Bonchev–Trinajstić information content (AvgIpc) is 2.99. The Kier molecular flexibility index (Phi) is 4.29. The monoisotopic (exact) mass is 309 g/mol. The summed E-state index contributed by atoms with van der Waals surface area (Å²) in [5, 5.41) is 17.0. The zero-order chi connectivity index (χ0) is 16.2. The number of anilines is 2. The summed E-state index contributed by atoms with van der Waals surface area (Å²) in [6.07, 6.45) is 5.55. The first-order chi connectivity index (χ1) is 11.2. The Bertz CT molecular complexity index is 731. The summed E-state index contributed by atoms with van der Waals surface area (Å²) < 4.78 is 1.73. The van der Waals surface area contributed by atoms with E-state index in [1.165, 1.54) is 0 Å². The van der Waals surface area contributed by atoms with Crippen molar-refractivity contribution in [2.24, 2.45) is 11.7 Å². The molecule has 6 nitrogen and oxygen atoms in total. The SMILES string of the molecule is N#C[C@@H]1CCCC[C@@H]1n1cc(C(N)=O)c(Nc2ccccc2)n1. The lowest BCUT2D eigenvalue weighted by Crippen LogP contribution is -2.22. The number of amides is 1. The van der Waals surface area contributed by atoms with Crippen LogP contribution in [0.2, 0.25) is 0 Å². The maximum atomic E-state index is 11.7. The zero-order valence-electron chi connectivity index (χ0n) is 12.8. The molecule has 0 unspecified atom stereocenters. The molecule has 1 aliphatic carbocycles. The average molecular weight is 309 g/mol. The van der Waals surface area contributed by atoms with Crippen LogP contribution < -0.4 is 11.1 Å². The molecule has 6 heteroatoms. The van der Waals surface area contributed by atoms with Gasteiger partial charge in [-0.2, -0.15) is 10.4 Å². The molecule has 0 aliphatic heterocycles. The molecule has 1 aromatic carbocycles. The molecule has 1 fully saturated rings. The van der Waals surface area contributed by atoms with E-state index < -0.39 is 5.91 Å². The van der Waals surface area contributed by atoms with Gasteiger partial charge in [-0.25, -0.2) is 0 Å². The second kappa shape index (κ2) is 6.53. The molecular weight excluding hydrogens is 290 g/mol. The first-order valence-electron chi connectivity index (χ1n) is 7.79. The molecule has 0 spiro atoms. The summed E-state index contributed by atoms with van der Waals surface area (Å²) in [6.45, 7) is 0. The quantitative estimate of drug-likeness (QED) is 0.907. The van der Waals surface area contributed by atoms with E-state index >= 15 is 0 Å². The molecule has 0 bridgehead atoms. The Balaban J connectivity index is 1.92. The van der Waals surface area contributed by atoms with Gasteiger partial charge in [0.05, 0.1) is 18.0 Å². The van der Waals surface area contributed by atoms with Crippen molar-refractivity contribution in [2.75, 3.05) is 5.32 Å². The number of hydrogen-bond acceptors (Lipinski definition) is 4. The highest BCUT2D eigenvalue weighted by Gasteiger charge is 2.28. The van der Waals surface area contributed by atoms with E-state index in [1.807, 2.05) is 30.3 Å². The van der Waals surface area contributed by atoms with E-state index in [9.17, 15) is 10.1 Å². The standard InChI is InChI=1S/C17H19N5O/c18-10-12-6-4-5-9-15(12)22-11-14(16(19)23)17(21-22)20-13-7-2-1-3-8-13/h1-3,7-8,11-12,15H,4-6,9H2,(H2,19,23)(H,20,21)/t12-,15-/m0/s1. The molecule has 1 heterocycles. The molecule has 2 atom stereocenters. The molecule has 0 saturated heterocycles. The summed E-state index contributed by atoms with van der Waals surface area (Å²) in [5.41, 5.74) is 6.66. The molecule has 3 N–H and O–H groups in total. The van der Waals surface area contributed by atoms with Crippen molar-refractivity contribution in [3.63, 3.8) is 0 Å². The number of rotatable bonds is 4. The van der Waals surface area contributed by atoms with Crippen LogP contribution in [0.1, 0.15) is 42.1 Å². The Hall–Kier alpha value is -2.81. The van der Waals surface area contributed by atoms with Gasteiger partial charge in [-0.3, -0.25) is 9.48 Å². The lowest BCUT2D eigenvalue weighted by Gasteiger charge is -2.26. The fourth-order valence-corrected chi connectivity index (χ4v) is 3.07. The van der Waals surface area contributed by atoms with Gasteiger partial charge in [0.15, 0.2) is 5.82 Å². The number of para-hydroxylation sites is 1. The topological polar surface area (TPSA) is 96.7 Å². The van der Waals surface area contributed by atoms with Gasteiger partial charge in [0.2, 0.25) is 0 Å². The molecule has 2 aromatic rings. The first kappa shape index (κ1) is 15.1. The van der Waals surface area contributed by atoms with Gasteiger partial charge in [-0.05, 0) is 25.0 Å². The number of nitrogens with zero attached hydrogens (tertiary/aromatic N) is 3. The lowest BCUT2D eigenvalue weighted by molar-refractivity contribution is 0.100. The molecular formula is C17H19N5O. The molecule has 23 heavy (non-hydrogen) atoms. The molecule has 1 aromatic heterocycles. The normalized spacial score (nSPS) is 20.7. The van der Waals surface area contributed by atoms with Crippen LogP contribution in [0, 0.1) is 17.2 Å². The molecule has 118 valence electrons. The number of benzene rings is 1. The third kappa shape index (κ3) is 3.19. The Labute approximate surface area is 134 Å². The highest BCUT2D eigenvalue weighted by Crippen LogP contribution is 2.34. The van der Waals surface area contributed by atoms with Gasteiger partial charge >= 0.3 is 0 Å². The number of hydrogen-bond donors (Lipinski definition) is 2. The van der Waals surface area contributed by atoms with Gasteiger partial charge < -0.3 is 11.1 Å². The van der Waals surface area contributed by atoms with Crippen LogP contribution in [-0.4, -0.2) is 15.7 Å². The van der Waals surface area contributed by atoms with Crippen molar-refractivity contribution in [1.82, 2.24) is 9.78 Å². The van der Waals surface area contributed by atoms with E-state index in [0.29, 0.717) is 11.4 Å². The zero-order valence-corrected chi connectivity index (χ0v) is 12.8. The summed E-state index contributed by atoms with van der Waals surface area (Å²) in [6, 6.07) is 11.9. The molecule has 1 saturated carbocycles. The van der Waals surface area contributed by atoms with Crippen LogP contribution in [0.4, 0.5) is 11.5 Å². The van der Waals surface area contributed by atoms with E-state index in [0.717, 1.165) is 31.4 Å². The number of primary amides is 1. The minimum Gasteiger partial charge on any atom is -0.365 e. The van der Waals surface area contributed by atoms with Crippen LogP contribution in [-0.2, 0) is 0 Å². The van der Waals surface area contributed by atoms with Crippen molar-refractivity contribution in [1.29, 1.82) is 5.26 Å². The van der Waals surface area contributed by atoms with Gasteiger partial charge in [0, 0.05) is 11.9 Å². The summed E-state index contributed by atoms with van der Waals surface area (Å²) in [7, 11) is 0. The van der Waals surface area contributed by atoms with E-state index in [4.69, 9.17) is 5.73 Å². The highest BCUT2D eigenvalue weighted by molar-refractivity contribution is 5.98. The Morgan fingerprint density at radius 3 is 2.74 bits per heavy atom. The maximum Gasteiger partial charge on any atom is 0.254 e. The molecule has 0 radical (unpaired) electrons. The van der Waals surface area contributed by atoms with Crippen LogP contribution in [0.15, 0.2) is 36.5 Å². The first-order valence-corrected chi connectivity index (χ1v) is 7.79. The number of aromatic nitrogens is 2. The minimum atomic E-state index is -0.529. The van der Waals surface area contributed by atoms with Crippen LogP contribution in [0.5, 0.6) is 0 Å². The van der Waals surface area contributed by atoms with E-state index in [2.05, 4.69) is 16.5 Å². The third-order valence-corrected chi connectivity index (χ3v) is 4.27. The van der Waals surface area contributed by atoms with Crippen molar-refractivity contribution in [3.8, 4) is 6.07 Å². The summed E-state index contributed by atoms with van der Waals surface area (Å²) in [4.78, 5) is 11.7. The molecule has 3 rings (SSSR count). The number of carbonyl (C=O) groups excluding carboxylic acids is 1. The van der Waals surface area contributed by atoms with Crippen molar-refractivity contribution >= 4 is 17.4 Å². The van der Waals surface area contributed by atoms with Crippen LogP contribution in [0.25, 0.3) is 0 Å². The van der Waals surface area contributed by atoms with Crippen molar-refractivity contribution < 1.29 is 4.79 Å². The second-order valence-electron chi connectivity index (χ2n) is 5.81. The molecule has 1 amide bonds. The highest BCUT2D eigenvalue weighted by atomic mass is 16.1. The van der Waals surface area contributed by atoms with E-state index in [-0.39, 0.29) is 12.0 Å². The van der Waals surface area contributed by atoms with Crippen LogP contribution >= 0.6 is 0 Å². The Morgan fingerprint density at radius 2 is 2.04 bits per heavy atom.